The summed E-state index contributed by atoms with van der Waals surface area (Å²) in [6.07, 6.45) is 0. The summed E-state index contributed by atoms with van der Waals surface area (Å²) < 4.78 is 139. The van der Waals surface area contributed by atoms with Crippen molar-refractivity contribution in [1.82, 2.24) is 19.5 Å². The van der Waals surface area contributed by atoms with Crippen molar-refractivity contribution >= 4 is 43.7 Å². The monoisotopic (exact) mass is 655 g/mol. The lowest BCUT2D eigenvalue weighted by Gasteiger charge is -2.10. The number of nitrogens with zero attached hydrogens (tertiary/aromatic N) is 4. The number of aromatic nitrogens is 4. The molecule has 3 heterocycles. The fourth-order valence-electron chi connectivity index (χ4n) is 6.10. The van der Waals surface area contributed by atoms with Gasteiger partial charge in [-0.2, -0.15) is 0 Å². The van der Waals surface area contributed by atoms with E-state index in [9.17, 15) is 2.74 Å². The SMILES string of the molecule is [2H]c1cc(-c2nc(-c3ccccc3)nc(-c3cccc(-c4c([2H])c([2H])c([2H])c([2H])c4[2H])c3)n2)c2oc3c([2H])cc(-n4c5c([2H])cc([2H])c([2H])c5c5c([2H])c([2H])cc([2H])c54)c([2H])c3c2c1[2H]. The smallest absolute Gasteiger partial charge is 0.167 e. The fourth-order valence-corrected chi connectivity index (χ4v) is 6.10. The van der Waals surface area contributed by atoms with Crippen LogP contribution >= 0.6 is 0 Å². The van der Waals surface area contributed by atoms with Gasteiger partial charge >= 0.3 is 0 Å². The van der Waals surface area contributed by atoms with Crippen molar-refractivity contribution in [3.05, 3.63) is 169 Å². The molecule has 7 aromatic carbocycles. The molecule has 5 nitrogen and oxygen atoms in total. The van der Waals surface area contributed by atoms with Gasteiger partial charge in [-0.05, 0) is 53.5 Å². The molecule has 10 rings (SSSR count). The zero-order chi connectivity index (χ0) is 46.1. The van der Waals surface area contributed by atoms with Crippen LogP contribution in [0.5, 0.6) is 0 Å². The molecule has 3 aromatic heterocycles. The summed E-state index contributed by atoms with van der Waals surface area (Å²) >= 11 is 0. The van der Waals surface area contributed by atoms with E-state index in [4.69, 9.17) is 37.2 Å². The summed E-state index contributed by atoms with van der Waals surface area (Å²) in [5.41, 5.74) is 1.01. The predicted octanol–water partition coefficient (Wildman–Crippen LogP) is 11.5. The van der Waals surface area contributed by atoms with Crippen LogP contribution in [0.4, 0.5) is 0 Å². The molecule has 0 amide bonds. The summed E-state index contributed by atoms with van der Waals surface area (Å²) in [5, 5.41) is -0.185. The molecular formula is C45H28N4O. The van der Waals surface area contributed by atoms with Gasteiger partial charge in [0.25, 0.3) is 0 Å². The Hall–Kier alpha value is -6.85. The number of hydrogen-bond donors (Lipinski definition) is 0. The minimum absolute atomic E-state index is 0.0246. The third-order valence-electron chi connectivity index (χ3n) is 8.35. The van der Waals surface area contributed by atoms with Crippen molar-refractivity contribution in [2.75, 3.05) is 0 Å². The highest BCUT2D eigenvalue weighted by molar-refractivity contribution is 6.12. The van der Waals surface area contributed by atoms with Gasteiger partial charge in [0.15, 0.2) is 17.5 Å². The molecule has 0 N–H and O–H groups in total. The summed E-state index contributed by atoms with van der Waals surface area (Å²) in [6.45, 7) is 0. The maximum Gasteiger partial charge on any atom is 0.167 e. The van der Waals surface area contributed by atoms with Crippen molar-refractivity contribution < 1.29 is 25.0 Å². The lowest BCUT2D eigenvalue weighted by molar-refractivity contribution is 0.669. The van der Waals surface area contributed by atoms with E-state index < -0.39 is 30.2 Å². The average Bonchev–Trinajstić information content (AvgIpc) is 3.89. The number of rotatable bonds is 5. The molecule has 0 unspecified atom stereocenters. The number of fused-ring (bicyclic) bond motifs is 6. The van der Waals surface area contributed by atoms with Gasteiger partial charge in [0.05, 0.1) is 37.2 Å². The lowest BCUT2D eigenvalue weighted by atomic mass is 10.0. The van der Waals surface area contributed by atoms with Crippen LogP contribution in [0.2, 0.25) is 0 Å². The minimum atomic E-state index is -0.530. The molecule has 0 aliphatic rings. The zero-order valence-electron chi connectivity index (χ0n) is 40.7. The molecular weight excluding hydrogens is 613 g/mol. The predicted molar refractivity (Wildman–Crippen MR) is 203 cm³/mol. The Morgan fingerprint density at radius 3 is 1.94 bits per heavy atom. The number of para-hydroxylation sites is 3. The Bertz CT molecular complexity index is 3640. The van der Waals surface area contributed by atoms with Gasteiger partial charge in [-0.3, -0.25) is 0 Å². The van der Waals surface area contributed by atoms with E-state index in [1.54, 1.807) is 48.5 Å². The van der Waals surface area contributed by atoms with Gasteiger partial charge in [0.1, 0.15) is 11.2 Å². The summed E-state index contributed by atoms with van der Waals surface area (Å²) in [7, 11) is 0. The van der Waals surface area contributed by atoms with Crippen molar-refractivity contribution in [2.45, 2.75) is 0 Å². The molecule has 5 heteroatoms. The molecule has 10 aromatic rings. The van der Waals surface area contributed by atoms with Gasteiger partial charge < -0.3 is 8.98 Å². The van der Waals surface area contributed by atoms with Gasteiger partial charge in [0.2, 0.25) is 0 Å². The normalized spacial score (nSPS) is 15.8. The fraction of sp³-hybridized carbons (Fsp3) is 0. The van der Waals surface area contributed by atoms with Crippen LogP contribution in [-0.2, 0) is 0 Å². The first kappa shape index (κ1) is 17.0. The highest BCUT2D eigenvalue weighted by Gasteiger charge is 2.19. The maximum atomic E-state index is 9.69. The van der Waals surface area contributed by atoms with Gasteiger partial charge in [0, 0.05) is 38.4 Å². The largest absolute Gasteiger partial charge is 0.455 e. The summed E-state index contributed by atoms with van der Waals surface area (Å²) in [5.74, 6) is 0.255. The van der Waals surface area contributed by atoms with Crippen molar-refractivity contribution in [1.29, 1.82) is 0 Å². The van der Waals surface area contributed by atoms with E-state index in [2.05, 4.69) is 0 Å². The molecule has 0 atom stereocenters. The van der Waals surface area contributed by atoms with Crippen molar-refractivity contribution in [2.24, 2.45) is 0 Å². The Kier molecular flexibility index (Phi) is 3.87. The van der Waals surface area contributed by atoms with E-state index in [-0.39, 0.29) is 138 Å². The molecule has 0 fully saturated rings. The zero-order valence-corrected chi connectivity index (χ0v) is 25.7. The first-order valence-corrected chi connectivity index (χ1v) is 15.5. The molecule has 0 saturated carbocycles. The summed E-state index contributed by atoms with van der Waals surface area (Å²) in [6, 6.07) is 14.8. The van der Waals surface area contributed by atoms with Crippen molar-refractivity contribution in [3.63, 3.8) is 0 Å². The second kappa shape index (κ2) is 11.4. The Labute approximate surface area is 308 Å². The molecule has 234 valence electrons. The Balaban J connectivity index is 1.25. The van der Waals surface area contributed by atoms with E-state index in [0.29, 0.717) is 16.7 Å². The van der Waals surface area contributed by atoms with Gasteiger partial charge in [-0.15, -0.1) is 0 Å². The van der Waals surface area contributed by atoms with Gasteiger partial charge in [-0.1, -0.05) is 127 Å². The van der Waals surface area contributed by atoms with E-state index in [1.807, 2.05) is 6.07 Å². The van der Waals surface area contributed by atoms with Crippen LogP contribution in [-0.4, -0.2) is 19.5 Å². The second-order valence-corrected chi connectivity index (χ2v) is 11.3. The molecule has 0 bridgehead atoms. The minimum Gasteiger partial charge on any atom is -0.455 e. The first-order valence-electron chi connectivity index (χ1n) is 23.0. The third kappa shape index (κ3) is 4.60. The number of furan rings is 1. The Morgan fingerprint density at radius 2 is 1.16 bits per heavy atom. The molecule has 0 spiro atoms. The van der Waals surface area contributed by atoms with Crippen molar-refractivity contribution in [3.8, 4) is 51.0 Å². The first-order chi connectivity index (χ1) is 31.0. The standard InChI is InChI=1S/C45H28N4O/c1-3-13-29(14-4-1)31-17-11-18-32(27-31)44-46-43(30-15-5-2-6-16-30)47-45(48-44)37-22-12-21-36-38-28-33(25-26-41(38)50-42(36)37)49-39-23-9-7-19-34(39)35-20-8-10-24-40(35)49/h1-28H/i1D,3D,4D,7D,8D,12D,13D,14D,19D,20D,21D,23D,24D,26D,28D. The lowest BCUT2D eigenvalue weighted by Crippen LogP contribution is -2.00. The van der Waals surface area contributed by atoms with Crippen LogP contribution in [0.25, 0.3) is 94.7 Å². The topological polar surface area (TPSA) is 56.7 Å². The summed E-state index contributed by atoms with van der Waals surface area (Å²) in [4.78, 5) is 14.4. The van der Waals surface area contributed by atoms with Crippen LogP contribution in [0.15, 0.2) is 174 Å². The Morgan fingerprint density at radius 1 is 0.480 bits per heavy atom. The molecule has 0 radical (unpaired) electrons. The third-order valence-corrected chi connectivity index (χ3v) is 8.35. The molecule has 0 aliphatic heterocycles. The van der Waals surface area contributed by atoms with Crippen LogP contribution in [0, 0.1) is 0 Å². The molecule has 50 heavy (non-hydrogen) atoms. The van der Waals surface area contributed by atoms with E-state index in [1.165, 1.54) is 16.7 Å². The second-order valence-electron chi connectivity index (χ2n) is 11.3. The number of benzene rings is 7. The number of hydrogen-bond acceptors (Lipinski definition) is 4. The van der Waals surface area contributed by atoms with Crippen LogP contribution in [0.1, 0.15) is 20.6 Å². The highest BCUT2D eigenvalue weighted by atomic mass is 16.3. The average molecular weight is 656 g/mol. The van der Waals surface area contributed by atoms with Crippen LogP contribution < -0.4 is 0 Å². The maximum absolute atomic E-state index is 9.69. The molecule has 0 aliphatic carbocycles. The highest BCUT2D eigenvalue weighted by Crippen LogP contribution is 2.39. The van der Waals surface area contributed by atoms with E-state index >= 15 is 0 Å². The van der Waals surface area contributed by atoms with Gasteiger partial charge in [-0.25, -0.2) is 15.0 Å². The van der Waals surface area contributed by atoms with Crippen LogP contribution in [0.3, 0.4) is 0 Å². The van der Waals surface area contributed by atoms with E-state index in [0.717, 1.165) is 12.1 Å². The quantitative estimate of drug-likeness (QED) is 0.185. The molecule has 0 saturated heterocycles.